The van der Waals surface area contributed by atoms with Gasteiger partial charge in [-0.1, -0.05) is 48.5 Å². The van der Waals surface area contributed by atoms with E-state index in [9.17, 15) is 24.3 Å². The first-order valence-electron chi connectivity index (χ1n) is 10.2. The molecule has 1 fully saturated rings. The zero-order valence-corrected chi connectivity index (χ0v) is 17.1. The first kappa shape index (κ1) is 21.4. The normalized spacial score (nSPS) is 17.6. The molecule has 9 heteroatoms. The van der Waals surface area contributed by atoms with Crippen LogP contribution >= 0.6 is 0 Å². The van der Waals surface area contributed by atoms with Crippen molar-refractivity contribution in [3.63, 3.8) is 0 Å². The van der Waals surface area contributed by atoms with Crippen LogP contribution in [0.1, 0.15) is 29.9 Å². The number of fused-ring (bicyclic) bond motifs is 3. The summed E-state index contributed by atoms with van der Waals surface area (Å²) in [5.41, 5.74) is 4.20. The van der Waals surface area contributed by atoms with Crippen LogP contribution in [-0.2, 0) is 23.9 Å². The summed E-state index contributed by atoms with van der Waals surface area (Å²) < 4.78 is 10.1. The largest absolute Gasteiger partial charge is 0.480 e. The highest BCUT2D eigenvalue weighted by Gasteiger charge is 2.32. The maximum Gasteiger partial charge on any atom is 0.407 e. The highest BCUT2D eigenvalue weighted by molar-refractivity contribution is 5.90. The van der Waals surface area contributed by atoms with E-state index in [0.29, 0.717) is 6.42 Å². The van der Waals surface area contributed by atoms with E-state index in [4.69, 9.17) is 9.47 Å². The average molecular weight is 438 g/mol. The van der Waals surface area contributed by atoms with E-state index < -0.39 is 42.4 Å². The number of carbonyl (C=O) groups excluding carboxylic acids is 3. The maximum absolute atomic E-state index is 12.3. The van der Waals surface area contributed by atoms with Crippen LogP contribution in [0.15, 0.2) is 48.5 Å². The third kappa shape index (κ3) is 4.41. The van der Waals surface area contributed by atoms with Gasteiger partial charge in [0.25, 0.3) is 0 Å². The SMILES string of the molecule is O=C(C[C@H](NC(=O)OCC1c2ccccc2-c2ccccc21)C(=O)O)N[C@H]1CCOC1=O. The minimum Gasteiger partial charge on any atom is -0.480 e. The summed E-state index contributed by atoms with van der Waals surface area (Å²) >= 11 is 0. The maximum atomic E-state index is 12.3. The fourth-order valence-corrected chi connectivity index (χ4v) is 4.05. The summed E-state index contributed by atoms with van der Waals surface area (Å²) in [4.78, 5) is 47.4. The molecule has 166 valence electrons. The van der Waals surface area contributed by atoms with Gasteiger partial charge >= 0.3 is 18.0 Å². The van der Waals surface area contributed by atoms with Crippen molar-refractivity contribution < 1.29 is 33.8 Å². The van der Waals surface area contributed by atoms with E-state index in [-0.39, 0.29) is 19.1 Å². The van der Waals surface area contributed by atoms with Crippen molar-refractivity contribution in [1.82, 2.24) is 10.6 Å². The Balaban J connectivity index is 1.36. The number of rotatable bonds is 7. The van der Waals surface area contributed by atoms with Crippen LogP contribution in [0.3, 0.4) is 0 Å². The number of carbonyl (C=O) groups is 4. The first-order valence-corrected chi connectivity index (χ1v) is 10.2. The lowest BCUT2D eigenvalue weighted by molar-refractivity contribution is -0.142. The number of benzene rings is 2. The Morgan fingerprint density at radius 1 is 1.06 bits per heavy atom. The number of hydrogen-bond acceptors (Lipinski definition) is 6. The summed E-state index contributed by atoms with van der Waals surface area (Å²) in [6, 6.07) is 13.4. The van der Waals surface area contributed by atoms with Crippen LogP contribution in [0.25, 0.3) is 11.1 Å². The highest BCUT2D eigenvalue weighted by atomic mass is 16.6. The summed E-state index contributed by atoms with van der Waals surface area (Å²) in [5.74, 6) is -2.80. The predicted molar refractivity (Wildman–Crippen MR) is 112 cm³/mol. The van der Waals surface area contributed by atoms with Gasteiger partial charge in [-0.25, -0.2) is 14.4 Å². The molecule has 0 saturated carbocycles. The fraction of sp³-hybridized carbons (Fsp3) is 0.304. The molecule has 0 unspecified atom stereocenters. The third-order valence-electron chi connectivity index (χ3n) is 5.59. The van der Waals surface area contributed by atoms with Crippen molar-refractivity contribution in [3.8, 4) is 11.1 Å². The van der Waals surface area contributed by atoms with Crippen LogP contribution in [0.4, 0.5) is 4.79 Å². The molecule has 2 atom stereocenters. The van der Waals surface area contributed by atoms with E-state index in [1.165, 1.54) is 0 Å². The lowest BCUT2D eigenvalue weighted by Gasteiger charge is -2.18. The van der Waals surface area contributed by atoms with Gasteiger partial charge in [0.15, 0.2) is 0 Å². The smallest absolute Gasteiger partial charge is 0.407 e. The molecular formula is C23H22N2O7. The summed E-state index contributed by atoms with van der Waals surface area (Å²) in [5, 5.41) is 14.0. The molecule has 2 aliphatic rings. The molecule has 1 aliphatic heterocycles. The molecule has 2 aromatic rings. The van der Waals surface area contributed by atoms with Crippen molar-refractivity contribution in [2.75, 3.05) is 13.2 Å². The molecule has 9 nitrogen and oxygen atoms in total. The van der Waals surface area contributed by atoms with E-state index >= 15 is 0 Å². The number of esters is 1. The fourth-order valence-electron chi connectivity index (χ4n) is 4.05. The summed E-state index contributed by atoms with van der Waals surface area (Å²) in [6.45, 7) is 0.219. The first-order chi connectivity index (χ1) is 15.4. The zero-order chi connectivity index (χ0) is 22.7. The van der Waals surface area contributed by atoms with Crippen molar-refractivity contribution in [1.29, 1.82) is 0 Å². The summed E-state index contributed by atoms with van der Waals surface area (Å²) in [6.07, 6.45) is -1.15. The van der Waals surface area contributed by atoms with E-state index in [0.717, 1.165) is 22.3 Å². The number of hydrogen-bond donors (Lipinski definition) is 3. The van der Waals surface area contributed by atoms with Gasteiger partial charge in [-0.05, 0) is 22.3 Å². The molecule has 0 bridgehead atoms. The minimum absolute atomic E-state index is 0.0201. The number of nitrogens with one attached hydrogen (secondary N) is 2. The molecule has 1 aliphatic carbocycles. The molecule has 2 aromatic carbocycles. The number of cyclic esters (lactones) is 1. The van der Waals surface area contributed by atoms with Crippen molar-refractivity contribution in [2.45, 2.75) is 30.8 Å². The predicted octanol–water partition coefficient (Wildman–Crippen LogP) is 1.80. The van der Waals surface area contributed by atoms with E-state index in [1.54, 1.807) is 0 Å². The topological polar surface area (TPSA) is 131 Å². The molecule has 3 N–H and O–H groups in total. The summed E-state index contributed by atoms with van der Waals surface area (Å²) in [7, 11) is 0. The lowest BCUT2D eigenvalue weighted by Crippen LogP contribution is -2.46. The Morgan fingerprint density at radius 3 is 2.25 bits per heavy atom. The van der Waals surface area contributed by atoms with E-state index in [2.05, 4.69) is 10.6 Å². The van der Waals surface area contributed by atoms with Crippen molar-refractivity contribution >= 4 is 23.9 Å². The van der Waals surface area contributed by atoms with Gasteiger partial charge in [-0.2, -0.15) is 0 Å². The molecule has 1 saturated heterocycles. The second-order valence-corrected chi connectivity index (χ2v) is 7.64. The molecule has 32 heavy (non-hydrogen) atoms. The zero-order valence-electron chi connectivity index (χ0n) is 17.1. The standard InChI is InChI=1S/C23H22N2O7/c26-20(24-18-9-10-31-22(18)29)11-19(21(27)28)25-23(30)32-12-17-15-7-3-1-5-13(15)14-6-2-4-8-16(14)17/h1-8,17-19H,9-12H2,(H,24,26)(H,25,30)(H,27,28)/t18-,19-/m0/s1. The van der Waals surface area contributed by atoms with Gasteiger partial charge in [0.2, 0.25) is 5.91 Å². The van der Waals surface area contributed by atoms with Gasteiger partial charge in [0.05, 0.1) is 13.0 Å². The Labute approximate surface area is 183 Å². The average Bonchev–Trinajstić information content (AvgIpc) is 3.32. The van der Waals surface area contributed by atoms with Crippen molar-refractivity contribution in [2.24, 2.45) is 0 Å². The number of carboxylic acid groups (broad SMARTS) is 1. The van der Waals surface area contributed by atoms with Gasteiger partial charge in [-0.15, -0.1) is 0 Å². The van der Waals surface area contributed by atoms with Crippen molar-refractivity contribution in [3.05, 3.63) is 59.7 Å². The van der Waals surface area contributed by atoms with Crippen LogP contribution in [0, 0.1) is 0 Å². The Kier molecular flexibility index (Phi) is 6.07. The molecule has 1 heterocycles. The van der Waals surface area contributed by atoms with E-state index in [1.807, 2.05) is 48.5 Å². The quantitative estimate of drug-likeness (QED) is 0.562. The number of amides is 2. The molecular weight excluding hydrogens is 416 g/mol. The monoisotopic (exact) mass is 438 g/mol. The van der Waals surface area contributed by atoms with Crippen LogP contribution in [0.2, 0.25) is 0 Å². The number of ether oxygens (including phenoxy) is 2. The van der Waals surface area contributed by atoms with Crippen LogP contribution in [-0.4, -0.2) is 54.3 Å². The molecule has 2 amide bonds. The molecule has 4 rings (SSSR count). The molecule has 0 radical (unpaired) electrons. The second-order valence-electron chi connectivity index (χ2n) is 7.64. The molecule has 0 spiro atoms. The second kappa shape index (κ2) is 9.09. The van der Waals surface area contributed by atoms with Gasteiger partial charge in [-0.3, -0.25) is 4.79 Å². The number of aliphatic carboxylic acids is 1. The lowest BCUT2D eigenvalue weighted by atomic mass is 9.98. The Morgan fingerprint density at radius 2 is 1.69 bits per heavy atom. The van der Waals surface area contributed by atoms with Gasteiger partial charge in [0, 0.05) is 12.3 Å². The Bertz CT molecular complexity index is 1020. The number of carboxylic acids is 1. The van der Waals surface area contributed by atoms with Crippen LogP contribution < -0.4 is 10.6 Å². The van der Waals surface area contributed by atoms with Gasteiger partial charge in [0.1, 0.15) is 18.7 Å². The Hall–Kier alpha value is -3.88. The van der Waals surface area contributed by atoms with Gasteiger partial charge < -0.3 is 25.2 Å². The number of alkyl carbamates (subject to hydrolysis) is 1. The van der Waals surface area contributed by atoms with Crippen LogP contribution in [0.5, 0.6) is 0 Å². The molecule has 0 aromatic heterocycles. The minimum atomic E-state index is -1.50. The highest BCUT2D eigenvalue weighted by Crippen LogP contribution is 2.44. The third-order valence-corrected chi connectivity index (χ3v) is 5.59.